The van der Waals surface area contributed by atoms with Gasteiger partial charge in [-0.1, -0.05) is 0 Å². The van der Waals surface area contributed by atoms with Crippen LogP contribution >= 0.6 is 0 Å². The second-order valence-electron chi connectivity index (χ2n) is 7.25. The SMILES string of the molecule is CC(O)c1nccc(N2CCNC(c3nccc(-n4cncn4)n3)C2(C)C)n1. The lowest BCUT2D eigenvalue weighted by atomic mass is 9.89. The molecule has 4 rings (SSSR count). The fourth-order valence-corrected chi connectivity index (χ4v) is 3.50. The Morgan fingerprint density at radius 2 is 1.96 bits per heavy atom. The number of hydrogen-bond donors (Lipinski definition) is 2. The van der Waals surface area contributed by atoms with E-state index in [4.69, 9.17) is 4.98 Å². The van der Waals surface area contributed by atoms with Crippen molar-refractivity contribution in [1.82, 2.24) is 40.0 Å². The van der Waals surface area contributed by atoms with Gasteiger partial charge in [-0.3, -0.25) is 0 Å². The first-order valence-corrected chi connectivity index (χ1v) is 9.17. The molecule has 3 aromatic rings. The van der Waals surface area contributed by atoms with Gasteiger partial charge in [-0.25, -0.2) is 29.6 Å². The fourth-order valence-electron chi connectivity index (χ4n) is 3.50. The molecule has 0 amide bonds. The minimum Gasteiger partial charge on any atom is -0.385 e. The maximum absolute atomic E-state index is 9.84. The lowest BCUT2D eigenvalue weighted by molar-refractivity contribution is 0.188. The first kappa shape index (κ1) is 18.4. The largest absolute Gasteiger partial charge is 0.385 e. The Morgan fingerprint density at radius 3 is 2.71 bits per heavy atom. The van der Waals surface area contributed by atoms with Crippen molar-refractivity contribution in [2.24, 2.45) is 0 Å². The molecule has 0 spiro atoms. The van der Waals surface area contributed by atoms with Crippen LogP contribution in [0.25, 0.3) is 5.82 Å². The molecule has 146 valence electrons. The standard InChI is InChI=1S/C18H23N9O/c1-12(28)16-21-6-4-13(24-16)26-9-8-20-15(18(26,2)3)17-22-7-5-14(25-17)27-11-19-10-23-27/h4-7,10-12,15,20,28H,8-9H2,1-3H3. The average Bonchev–Trinajstić information content (AvgIpc) is 3.22. The number of rotatable bonds is 4. The summed E-state index contributed by atoms with van der Waals surface area (Å²) < 4.78 is 1.61. The molecule has 1 saturated heterocycles. The second kappa shape index (κ2) is 7.21. The van der Waals surface area contributed by atoms with Crippen LogP contribution in [0.3, 0.4) is 0 Å². The van der Waals surface area contributed by atoms with Gasteiger partial charge in [-0.05, 0) is 26.8 Å². The Labute approximate surface area is 162 Å². The summed E-state index contributed by atoms with van der Waals surface area (Å²) in [5.41, 5.74) is -0.371. The molecule has 1 aliphatic rings. The number of nitrogens with one attached hydrogen (secondary N) is 1. The molecule has 0 aromatic carbocycles. The highest BCUT2D eigenvalue weighted by molar-refractivity contribution is 5.44. The van der Waals surface area contributed by atoms with Gasteiger partial charge in [-0.2, -0.15) is 5.10 Å². The summed E-state index contributed by atoms with van der Waals surface area (Å²) in [7, 11) is 0. The van der Waals surface area contributed by atoms with Crippen molar-refractivity contribution < 1.29 is 5.11 Å². The zero-order chi connectivity index (χ0) is 19.7. The van der Waals surface area contributed by atoms with Gasteiger partial charge < -0.3 is 15.3 Å². The number of aliphatic hydroxyl groups excluding tert-OH is 1. The topological polar surface area (TPSA) is 118 Å². The van der Waals surface area contributed by atoms with E-state index in [9.17, 15) is 5.11 Å². The summed E-state index contributed by atoms with van der Waals surface area (Å²) >= 11 is 0. The molecule has 2 unspecified atom stereocenters. The van der Waals surface area contributed by atoms with Crippen molar-refractivity contribution in [1.29, 1.82) is 0 Å². The van der Waals surface area contributed by atoms with Crippen LogP contribution in [0.5, 0.6) is 0 Å². The minimum atomic E-state index is -0.718. The van der Waals surface area contributed by atoms with Gasteiger partial charge in [-0.15, -0.1) is 0 Å². The average molecular weight is 381 g/mol. The number of nitrogens with zero attached hydrogens (tertiary/aromatic N) is 8. The number of aromatic nitrogens is 7. The maximum Gasteiger partial charge on any atom is 0.158 e. The van der Waals surface area contributed by atoms with E-state index in [0.29, 0.717) is 17.5 Å². The van der Waals surface area contributed by atoms with E-state index in [1.165, 1.54) is 6.33 Å². The number of anilines is 1. The third kappa shape index (κ3) is 3.32. The molecule has 4 heterocycles. The second-order valence-corrected chi connectivity index (χ2v) is 7.25. The highest BCUT2D eigenvalue weighted by atomic mass is 16.3. The van der Waals surface area contributed by atoms with Gasteiger partial charge >= 0.3 is 0 Å². The molecular weight excluding hydrogens is 358 g/mol. The fraction of sp³-hybridized carbons (Fsp3) is 0.444. The maximum atomic E-state index is 9.84. The van der Waals surface area contributed by atoms with Crippen molar-refractivity contribution in [2.75, 3.05) is 18.0 Å². The van der Waals surface area contributed by atoms with Crippen molar-refractivity contribution in [3.63, 3.8) is 0 Å². The molecule has 0 saturated carbocycles. The number of aliphatic hydroxyl groups is 1. The molecule has 10 heteroatoms. The summed E-state index contributed by atoms with van der Waals surface area (Å²) in [4.78, 5) is 24.1. The molecule has 0 aliphatic carbocycles. The van der Waals surface area contributed by atoms with Gasteiger partial charge in [0.15, 0.2) is 11.6 Å². The first-order chi connectivity index (χ1) is 13.5. The molecular formula is C18H23N9O. The monoisotopic (exact) mass is 381 g/mol. The Hall–Kier alpha value is -2.98. The summed E-state index contributed by atoms with van der Waals surface area (Å²) in [6.45, 7) is 7.43. The molecule has 0 radical (unpaired) electrons. The summed E-state index contributed by atoms with van der Waals surface area (Å²) in [6.07, 6.45) is 5.77. The first-order valence-electron chi connectivity index (χ1n) is 9.17. The Bertz CT molecular complexity index is 942. The Balaban J connectivity index is 1.68. The third-order valence-electron chi connectivity index (χ3n) is 4.97. The van der Waals surface area contributed by atoms with E-state index >= 15 is 0 Å². The van der Waals surface area contributed by atoms with Crippen LogP contribution in [0, 0.1) is 0 Å². The van der Waals surface area contributed by atoms with E-state index in [1.807, 2.05) is 6.07 Å². The van der Waals surface area contributed by atoms with Crippen LogP contribution in [0.2, 0.25) is 0 Å². The third-order valence-corrected chi connectivity index (χ3v) is 4.97. The van der Waals surface area contributed by atoms with E-state index in [2.05, 4.69) is 49.1 Å². The Morgan fingerprint density at radius 1 is 1.18 bits per heavy atom. The summed E-state index contributed by atoms with van der Waals surface area (Å²) in [5.74, 6) is 2.52. The smallest absolute Gasteiger partial charge is 0.158 e. The molecule has 10 nitrogen and oxygen atoms in total. The van der Waals surface area contributed by atoms with E-state index in [1.54, 1.807) is 36.4 Å². The molecule has 1 aliphatic heterocycles. The zero-order valence-corrected chi connectivity index (χ0v) is 16.1. The predicted molar refractivity (Wildman–Crippen MR) is 102 cm³/mol. The van der Waals surface area contributed by atoms with Gasteiger partial charge in [0.25, 0.3) is 0 Å². The van der Waals surface area contributed by atoms with Gasteiger partial charge in [0.1, 0.15) is 30.4 Å². The molecule has 0 bridgehead atoms. The Kier molecular flexibility index (Phi) is 4.73. The van der Waals surface area contributed by atoms with Crippen LogP contribution in [0.15, 0.2) is 37.2 Å². The van der Waals surface area contributed by atoms with Crippen LogP contribution in [0.4, 0.5) is 5.82 Å². The lowest BCUT2D eigenvalue weighted by Crippen LogP contribution is -2.60. The summed E-state index contributed by atoms with van der Waals surface area (Å²) in [6, 6.07) is 3.53. The van der Waals surface area contributed by atoms with E-state index in [0.717, 1.165) is 18.9 Å². The zero-order valence-electron chi connectivity index (χ0n) is 16.1. The van der Waals surface area contributed by atoms with Crippen molar-refractivity contribution >= 4 is 5.82 Å². The highest BCUT2D eigenvalue weighted by Crippen LogP contribution is 2.35. The van der Waals surface area contributed by atoms with Crippen molar-refractivity contribution in [2.45, 2.75) is 38.5 Å². The highest BCUT2D eigenvalue weighted by Gasteiger charge is 2.42. The van der Waals surface area contributed by atoms with Gasteiger partial charge in [0, 0.05) is 31.5 Å². The van der Waals surface area contributed by atoms with Crippen LogP contribution in [-0.2, 0) is 0 Å². The van der Waals surface area contributed by atoms with Crippen molar-refractivity contribution in [3.8, 4) is 5.82 Å². The van der Waals surface area contributed by atoms with Crippen LogP contribution < -0.4 is 10.2 Å². The quantitative estimate of drug-likeness (QED) is 0.677. The van der Waals surface area contributed by atoms with Gasteiger partial charge in [0.2, 0.25) is 0 Å². The molecule has 28 heavy (non-hydrogen) atoms. The van der Waals surface area contributed by atoms with E-state index < -0.39 is 6.10 Å². The molecule has 1 fully saturated rings. The normalized spacial score (nSPS) is 20.1. The van der Waals surface area contributed by atoms with Crippen LogP contribution in [0.1, 0.15) is 44.6 Å². The predicted octanol–water partition coefficient (Wildman–Crippen LogP) is 0.830. The lowest BCUT2D eigenvalue weighted by Gasteiger charge is -2.48. The minimum absolute atomic E-state index is 0.130. The van der Waals surface area contributed by atoms with Crippen LogP contribution in [-0.4, -0.2) is 58.4 Å². The van der Waals surface area contributed by atoms with E-state index in [-0.39, 0.29) is 11.6 Å². The van der Waals surface area contributed by atoms with Gasteiger partial charge in [0.05, 0.1) is 11.6 Å². The number of piperazine rings is 1. The molecule has 2 N–H and O–H groups in total. The number of hydrogen-bond acceptors (Lipinski definition) is 9. The summed E-state index contributed by atoms with van der Waals surface area (Å²) in [5, 5.41) is 17.5. The molecule has 3 aromatic heterocycles. The molecule has 2 atom stereocenters. The van der Waals surface area contributed by atoms with Crippen molar-refractivity contribution in [3.05, 3.63) is 48.8 Å².